The molecule has 148 valence electrons. The van der Waals surface area contributed by atoms with Gasteiger partial charge in [0.15, 0.2) is 5.82 Å². The highest BCUT2D eigenvalue weighted by Crippen LogP contribution is 2.45. The van der Waals surface area contributed by atoms with E-state index in [4.69, 9.17) is 15.2 Å². The largest absolute Gasteiger partial charge is 0.436 e. The standard InChI is InChI=1S/C21H21N5O2S/c22-21-26(17-3-1-2-4-18(17)29-21)15-5-7-16(8-6-15)28-20-19(23-9-10-24-20)25-11-13-27-14-12-25/h1-10,21H,11-14,22H2. The molecule has 0 spiro atoms. The number of hydrogen-bond donors (Lipinski definition) is 1. The predicted molar refractivity (Wildman–Crippen MR) is 114 cm³/mol. The van der Waals surface area contributed by atoms with E-state index in [1.807, 2.05) is 36.4 Å². The van der Waals surface area contributed by atoms with Crippen LogP contribution in [0.5, 0.6) is 11.6 Å². The van der Waals surface area contributed by atoms with E-state index in [2.05, 4.69) is 31.9 Å². The number of rotatable bonds is 4. The van der Waals surface area contributed by atoms with Crippen LogP contribution in [0, 0.1) is 0 Å². The zero-order chi connectivity index (χ0) is 19.6. The van der Waals surface area contributed by atoms with Crippen molar-refractivity contribution in [2.24, 2.45) is 5.73 Å². The number of aromatic nitrogens is 2. The number of thioether (sulfide) groups is 1. The molecular formula is C21H21N5O2S. The number of anilines is 3. The van der Waals surface area contributed by atoms with Crippen LogP contribution in [0.25, 0.3) is 0 Å². The number of hydrogen-bond acceptors (Lipinski definition) is 8. The van der Waals surface area contributed by atoms with Crippen LogP contribution in [0.2, 0.25) is 0 Å². The summed E-state index contributed by atoms with van der Waals surface area (Å²) in [6.07, 6.45) is 3.33. The third kappa shape index (κ3) is 3.62. The van der Waals surface area contributed by atoms with Gasteiger partial charge in [0, 0.05) is 36.1 Å². The van der Waals surface area contributed by atoms with Crippen molar-refractivity contribution in [1.29, 1.82) is 0 Å². The van der Waals surface area contributed by atoms with Gasteiger partial charge >= 0.3 is 0 Å². The molecule has 2 aromatic carbocycles. The van der Waals surface area contributed by atoms with Crippen molar-refractivity contribution in [3.8, 4) is 11.6 Å². The van der Waals surface area contributed by atoms with E-state index >= 15 is 0 Å². The Labute approximate surface area is 173 Å². The summed E-state index contributed by atoms with van der Waals surface area (Å²) >= 11 is 1.66. The molecule has 7 nitrogen and oxygen atoms in total. The van der Waals surface area contributed by atoms with Gasteiger partial charge in [0.25, 0.3) is 5.88 Å². The minimum absolute atomic E-state index is 0.146. The van der Waals surface area contributed by atoms with Gasteiger partial charge in [0.2, 0.25) is 0 Å². The van der Waals surface area contributed by atoms with E-state index in [1.165, 1.54) is 4.90 Å². The zero-order valence-corrected chi connectivity index (χ0v) is 16.6. The molecule has 8 heteroatoms. The van der Waals surface area contributed by atoms with E-state index in [-0.39, 0.29) is 5.50 Å². The smallest absolute Gasteiger partial charge is 0.263 e. The molecule has 0 saturated carbocycles. The molecule has 1 saturated heterocycles. The summed E-state index contributed by atoms with van der Waals surface area (Å²) in [5, 5.41) is 0. The second-order valence-corrected chi connectivity index (χ2v) is 7.89. The number of morpholine rings is 1. The molecule has 3 heterocycles. The van der Waals surface area contributed by atoms with Gasteiger partial charge in [-0.2, -0.15) is 0 Å². The first-order valence-electron chi connectivity index (χ1n) is 9.52. The average Bonchev–Trinajstić information content (AvgIpc) is 3.11. The highest BCUT2D eigenvalue weighted by molar-refractivity contribution is 8.00. The minimum atomic E-state index is -0.146. The molecule has 0 radical (unpaired) electrons. The summed E-state index contributed by atoms with van der Waals surface area (Å²) in [7, 11) is 0. The maximum atomic E-state index is 6.35. The fourth-order valence-corrected chi connectivity index (χ4v) is 4.58. The maximum absolute atomic E-state index is 6.35. The Hall–Kier alpha value is -2.81. The monoisotopic (exact) mass is 407 g/mol. The second-order valence-electron chi connectivity index (χ2n) is 6.73. The van der Waals surface area contributed by atoms with Crippen molar-refractivity contribution in [3.63, 3.8) is 0 Å². The molecular weight excluding hydrogens is 386 g/mol. The van der Waals surface area contributed by atoms with Crippen molar-refractivity contribution in [3.05, 3.63) is 60.9 Å². The Morgan fingerprint density at radius 3 is 2.59 bits per heavy atom. The van der Waals surface area contributed by atoms with Gasteiger partial charge in [-0.15, -0.1) is 0 Å². The van der Waals surface area contributed by atoms with Crippen molar-refractivity contribution in [2.45, 2.75) is 10.4 Å². The first-order chi connectivity index (χ1) is 14.3. The molecule has 1 aromatic heterocycles. The number of benzene rings is 2. The lowest BCUT2D eigenvalue weighted by atomic mass is 10.2. The maximum Gasteiger partial charge on any atom is 0.263 e. The number of nitrogens with zero attached hydrogens (tertiary/aromatic N) is 4. The number of ether oxygens (including phenoxy) is 2. The first-order valence-corrected chi connectivity index (χ1v) is 10.4. The van der Waals surface area contributed by atoms with Gasteiger partial charge in [-0.1, -0.05) is 23.9 Å². The Kier molecular flexibility index (Phi) is 4.97. The molecule has 1 atom stereocenters. The van der Waals surface area contributed by atoms with Crippen LogP contribution in [0.15, 0.2) is 65.8 Å². The van der Waals surface area contributed by atoms with Crippen LogP contribution in [0.4, 0.5) is 17.2 Å². The van der Waals surface area contributed by atoms with Crippen LogP contribution in [-0.2, 0) is 4.74 Å². The van der Waals surface area contributed by atoms with Crippen molar-refractivity contribution in [1.82, 2.24) is 9.97 Å². The van der Waals surface area contributed by atoms with E-state index in [1.54, 1.807) is 24.2 Å². The van der Waals surface area contributed by atoms with E-state index in [9.17, 15) is 0 Å². The molecule has 0 aliphatic carbocycles. The lowest BCUT2D eigenvalue weighted by Gasteiger charge is -2.28. The molecule has 1 unspecified atom stereocenters. The van der Waals surface area contributed by atoms with Crippen LogP contribution in [-0.4, -0.2) is 41.8 Å². The summed E-state index contributed by atoms with van der Waals surface area (Å²) in [6, 6.07) is 16.2. The summed E-state index contributed by atoms with van der Waals surface area (Å²) in [6.45, 7) is 2.91. The van der Waals surface area contributed by atoms with E-state index < -0.39 is 0 Å². The van der Waals surface area contributed by atoms with Crippen molar-refractivity contribution < 1.29 is 9.47 Å². The van der Waals surface area contributed by atoms with Gasteiger partial charge in [-0.05, 0) is 36.4 Å². The first kappa shape index (κ1) is 18.2. The van der Waals surface area contributed by atoms with Crippen LogP contribution in [0.1, 0.15) is 0 Å². The summed E-state index contributed by atoms with van der Waals surface area (Å²) < 4.78 is 11.5. The molecule has 2 N–H and O–H groups in total. The third-order valence-corrected chi connectivity index (χ3v) is 5.97. The van der Waals surface area contributed by atoms with Crippen molar-refractivity contribution >= 4 is 29.0 Å². The lowest BCUT2D eigenvalue weighted by molar-refractivity contribution is 0.122. The Bertz CT molecular complexity index is 994. The molecule has 0 amide bonds. The van der Waals surface area contributed by atoms with Crippen molar-refractivity contribution in [2.75, 3.05) is 36.1 Å². The Morgan fingerprint density at radius 1 is 1.00 bits per heavy atom. The van der Waals surface area contributed by atoms with Gasteiger partial charge in [-0.3, -0.25) is 0 Å². The van der Waals surface area contributed by atoms with Crippen LogP contribution >= 0.6 is 11.8 Å². The third-order valence-electron chi connectivity index (χ3n) is 4.91. The summed E-state index contributed by atoms with van der Waals surface area (Å²) in [5.74, 6) is 1.95. The molecule has 1 fully saturated rings. The molecule has 2 aliphatic heterocycles. The van der Waals surface area contributed by atoms with Gasteiger partial charge in [-0.25, -0.2) is 9.97 Å². The highest BCUT2D eigenvalue weighted by Gasteiger charge is 2.28. The normalized spacial score (nSPS) is 18.6. The fourth-order valence-electron chi connectivity index (χ4n) is 3.53. The number of fused-ring (bicyclic) bond motifs is 1. The highest BCUT2D eigenvalue weighted by atomic mass is 32.2. The average molecular weight is 407 g/mol. The second kappa shape index (κ2) is 7.90. The quantitative estimate of drug-likeness (QED) is 0.703. The molecule has 3 aromatic rings. The van der Waals surface area contributed by atoms with Gasteiger partial charge < -0.3 is 25.0 Å². The number of para-hydroxylation sites is 1. The number of nitrogens with two attached hydrogens (primary N) is 1. The lowest BCUT2D eigenvalue weighted by Crippen LogP contribution is -2.37. The molecule has 2 aliphatic rings. The molecule has 0 bridgehead atoms. The summed E-state index contributed by atoms with van der Waals surface area (Å²) in [4.78, 5) is 14.3. The molecule has 5 rings (SSSR count). The predicted octanol–water partition coefficient (Wildman–Crippen LogP) is 3.59. The van der Waals surface area contributed by atoms with Gasteiger partial charge in [0.1, 0.15) is 11.2 Å². The SMILES string of the molecule is NC1Sc2ccccc2N1c1ccc(Oc2nccnc2N2CCOCC2)cc1. The van der Waals surface area contributed by atoms with E-state index in [0.717, 1.165) is 30.3 Å². The van der Waals surface area contributed by atoms with E-state index in [0.29, 0.717) is 24.8 Å². The fraction of sp³-hybridized carbons (Fsp3) is 0.238. The van der Waals surface area contributed by atoms with Gasteiger partial charge in [0.05, 0.1) is 18.9 Å². The van der Waals surface area contributed by atoms with Crippen LogP contribution in [0.3, 0.4) is 0 Å². The summed E-state index contributed by atoms with van der Waals surface area (Å²) in [5.41, 5.74) is 8.35. The topological polar surface area (TPSA) is 76.7 Å². The van der Waals surface area contributed by atoms with Crippen LogP contribution < -0.4 is 20.3 Å². The Morgan fingerprint density at radius 2 is 1.76 bits per heavy atom. The zero-order valence-electron chi connectivity index (χ0n) is 15.8. The molecule has 29 heavy (non-hydrogen) atoms. The Balaban J connectivity index is 1.37. The minimum Gasteiger partial charge on any atom is -0.436 e.